The third-order valence-electron chi connectivity index (χ3n) is 5.13. The largest absolute Gasteiger partial charge is 0.494 e. The van der Waals surface area contributed by atoms with E-state index >= 15 is 0 Å². The number of aromatic hydroxyl groups is 1. The molecule has 1 aliphatic rings. The lowest BCUT2D eigenvalue weighted by Crippen LogP contribution is -1.97. The van der Waals surface area contributed by atoms with Crippen LogP contribution in [0.15, 0.2) is 54.8 Å². The number of ether oxygens (including phenoxy) is 2. The van der Waals surface area contributed by atoms with Crippen molar-refractivity contribution in [2.75, 3.05) is 20.0 Å². The molecule has 29 heavy (non-hydrogen) atoms. The Labute approximate surface area is 166 Å². The summed E-state index contributed by atoms with van der Waals surface area (Å²) in [6.45, 7) is 0. The Bertz CT molecular complexity index is 1350. The second-order valence-corrected chi connectivity index (χ2v) is 6.67. The topological polar surface area (TPSA) is 95.4 Å². The van der Waals surface area contributed by atoms with Crippen molar-refractivity contribution in [2.24, 2.45) is 0 Å². The van der Waals surface area contributed by atoms with Crippen molar-refractivity contribution in [3.8, 4) is 28.8 Å². The summed E-state index contributed by atoms with van der Waals surface area (Å²) in [6, 6.07) is 9.39. The highest BCUT2D eigenvalue weighted by Crippen LogP contribution is 2.41. The van der Waals surface area contributed by atoms with Gasteiger partial charge in [0.25, 0.3) is 0 Å². The van der Waals surface area contributed by atoms with E-state index in [1.165, 1.54) is 0 Å². The molecule has 0 bridgehead atoms. The van der Waals surface area contributed by atoms with Crippen LogP contribution in [0.25, 0.3) is 38.6 Å². The molecule has 5 rings (SSSR count). The molecule has 0 aliphatic heterocycles. The molecule has 7 heteroatoms. The van der Waals surface area contributed by atoms with Gasteiger partial charge in [-0.25, -0.2) is 4.98 Å². The number of anilines is 1. The van der Waals surface area contributed by atoms with Gasteiger partial charge in [0.2, 0.25) is 17.6 Å². The summed E-state index contributed by atoms with van der Waals surface area (Å²) in [5.41, 5.74) is 10.8. The van der Waals surface area contributed by atoms with E-state index < -0.39 is 0 Å². The van der Waals surface area contributed by atoms with Gasteiger partial charge in [0.05, 0.1) is 36.3 Å². The number of fused-ring (bicyclic) bond motifs is 2. The van der Waals surface area contributed by atoms with E-state index in [1.807, 2.05) is 42.5 Å². The number of hydrogen-bond donors (Lipinski definition) is 2. The number of para-hydroxylation sites is 1. The molecule has 3 aromatic heterocycles. The van der Waals surface area contributed by atoms with Crippen molar-refractivity contribution in [1.82, 2.24) is 14.5 Å². The second kappa shape index (κ2) is 6.27. The van der Waals surface area contributed by atoms with Crippen LogP contribution in [0.1, 0.15) is 0 Å². The predicted molar refractivity (Wildman–Crippen MR) is 113 cm³/mol. The number of rotatable bonds is 4. The van der Waals surface area contributed by atoms with Gasteiger partial charge < -0.3 is 20.3 Å². The summed E-state index contributed by atoms with van der Waals surface area (Å²) in [5, 5.41) is 12.0. The maximum atomic E-state index is 10.7. The highest BCUT2D eigenvalue weighted by Gasteiger charge is 2.20. The molecule has 7 nitrogen and oxygen atoms in total. The first-order valence-corrected chi connectivity index (χ1v) is 9.02. The molecule has 3 N–H and O–H groups in total. The SMILES string of the molecule is COc1ccc(-c2cccc3c(N)c4c(O)n(C5=CC=C5)cc4nc23)c(OC)n1. The molecule has 144 valence electrons. The zero-order valence-electron chi connectivity index (χ0n) is 15.9. The van der Waals surface area contributed by atoms with Gasteiger partial charge in [0.15, 0.2) is 0 Å². The van der Waals surface area contributed by atoms with E-state index in [4.69, 9.17) is 20.2 Å². The van der Waals surface area contributed by atoms with E-state index in [2.05, 4.69) is 4.98 Å². The molecule has 0 saturated carbocycles. The molecule has 1 aliphatic carbocycles. The van der Waals surface area contributed by atoms with Crippen LogP contribution < -0.4 is 15.2 Å². The van der Waals surface area contributed by atoms with Crippen LogP contribution in [-0.2, 0) is 0 Å². The Kier molecular flexibility index (Phi) is 3.70. The standard InChI is InChI=1S/C22H18N4O3/c1-28-17-10-9-14(21(25-17)29-2)13-7-4-8-15-19(23)18-16(24-20(13)15)11-26(22(18)27)12-5-3-6-12/h3-11,27H,23H2,1-2H3. The summed E-state index contributed by atoms with van der Waals surface area (Å²) in [6.07, 6.45) is 7.52. The lowest BCUT2D eigenvalue weighted by Gasteiger charge is -2.12. The summed E-state index contributed by atoms with van der Waals surface area (Å²) in [7, 11) is 3.12. The minimum Gasteiger partial charge on any atom is -0.494 e. The molecular weight excluding hydrogens is 368 g/mol. The number of nitrogens with zero attached hydrogens (tertiary/aromatic N) is 3. The first kappa shape index (κ1) is 17.1. The minimum absolute atomic E-state index is 0.0802. The van der Waals surface area contributed by atoms with Gasteiger partial charge in [-0.2, -0.15) is 4.98 Å². The van der Waals surface area contributed by atoms with Gasteiger partial charge in [-0.15, -0.1) is 0 Å². The third-order valence-corrected chi connectivity index (χ3v) is 5.13. The molecule has 3 heterocycles. The fourth-order valence-corrected chi connectivity index (χ4v) is 3.62. The average Bonchev–Trinajstić information content (AvgIpc) is 3.02. The Hall–Kier alpha value is -4.00. The highest BCUT2D eigenvalue weighted by molar-refractivity contribution is 6.12. The van der Waals surface area contributed by atoms with Gasteiger partial charge >= 0.3 is 0 Å². The number of hydrogen-bond acceptors (Lipinski definition) is 6. The highest BCUT2D eigenvalue weighted by atomic mass is 16.5. The van der Waals surface area contributed by atoms with E-state index in [-0.39, 0.29) is 5.88 Å². The zero-order valence-corrected chi connectivity index (χ0v) is 15.9. The van der Waals surface area contributed by atoms with Crippen LogP contribution in [-0.4, -0.2) is 33.9 Å². The van der Waals surface area contributed by atoms with Gasteiger partial charge in [-0.3, -0.25) is 4.57 Å². The minimum atomic E-state index is 0.0802. The summed E-state index contributed by atoms with van der Waals surface area (Å²) in [4.78, 5) is 9.20. The smallest absolute Gasteiger partial charge is 0.224 e. The summed E-state index contributed by atoms with van der Waals surface area (Å²) < 4.78 is 12.4. The lowest BCUT2D eigenvalue weighted by molar-refractivity contribution is 0.366. The number of allylic oxidation sites excluding steroid dienone is 4. The number of benzene rings is 1. The molecular formula is C22H18N4O3. The molecule has 1 aromatic carbocycles. The van der Waals surface area contributed by atoms with E-state index in [1.54, 1.807) is 31.0 Å². The molecule has 0 atom stereocenters. The van der Waals surface area contributed by atoms with E-state index in [0.29, 0.717) is 33.9 Å². The van der Waals surface area contributed by atoms with Crippen molar-refractivity contribution in [3.05, 3.63) is 54.8 Å². The zero-order chi connectivity index (χ0) is 20.1. The van der Waals surface area contributed by atoms with Crippen LogP contribution in [0.3, 0.4) is 0 Å². The quantitative estimate of drug-likeness (QED) is 0.551. The normalized spacial score (nSPS) is 12.8. The van der Waals surface area contributed by atoms with Crippen molar-refractivity contribution in [1.29, 1.82) is 0 Å². The molecule has 0 radical (unpaired) electrons. The number of pyridine rings is 2. The maximum absolute atomic E-state index is 10.7. The maximum Gasteiger partial charge on any atom is 0.224 e. The molecule has 0 spiro atoms. The Morgan fingerprint density at radius 3 is 2.55 bits per heavy atom. The third kappa shape index (κ3) is 2.44. The van der Waals surface area contributed by atoms with Crippen molar-refractivity contribution in [3.63, 3.8) is 0 Å². The van der Waals surface area contributed by atoms with Gasteiger partial charge in [-0.05, 0) is 18.2 Å². The van der Waals surface area contributed by atoms with Gasteiger partial charge in [0, 0.05) is 34.5 Å². The van der Waals surface area contributed by atoms with Gasteiger partial charge in [-0.1, -0.05) is 24.3 Å². The summed E-state index contributed by atoms with van der Waals surface area (Å²) in [5.74, 6) is 0.976. The molecule has 0 unspecified atom stereocenters. The van der Waals surface area contributed by atoms with Crippen LogP contribution in [0.4, 0.5) is 5.69 Å². The molecule has 4 aromatic rings. The van der Waals surface area contributed by atoms with Crippen LogP contribution >= 0.6 is 0 Å². The van der Waals surface area contributed by atoms with E-state index in [0.717, 1.165) is 22.2 Å². The Morgan fingerprint density at radius 1 is 1.03 bits per heavy atom. The molecule has 0 saturated heterocycles. The van der Waals surface area contributed by atoms with Crippen LogP contribution in [0.2, 0.25) is 0 Å². The van der Waals surface area contributed by atoms with Crippen molar-refractivity contribution >= 4 is 33.2 Å². The number of nitrogens with two attached hydrogens (primary N) is 1. The lowest BCUT2D eigenvalue weighted by atomic mass is 10.0. The summed E-state index contributed by atoms with van der Waals surface area (Å²) >= 11 is 0. The Balaban J connectivity index is 1.80. The Morgan fingerprint density at radius 2 is 1.86 bits per heavy atom. The first-order valence-electron chi connectivity index (χ1n) is 9.02. The van der Waals surface area contributed by atoms with Crippen LogP contribution in [0.5, 0.6) is 17.6 Å². The fraction of sp³-hybridized carbons (Fsp3) is 0.0909. The van der Waals surface area contributed by atoms with Gasteiger partial charge in [0.1, 0.15) is 0 Å². The fourth-order valence-electron chi connectivity index (χ4n) is 3.62. The number of nitrogen functional groups attached to an aromatic ring is 1. The average molecular weight is 386 g/mol. The van der Waals surface area contributed by atoms with Crippen molar-refractivity contribution in [2.45, 2.75) is 0 Å². The molecule has 0 fully saturated rings. The monoisotopic (exact) mass is 386 g/mol. The number of methoxy groups -OCH3 is 2. The van der Waals surface area contributed by atoms with Crippen molar-refractivity contribution < 1.29 is 14.6 Å². The first-order chi connectivity index (χ1) is 14.1. The second-order valence-electron chi connectivity index (χ2n) is 6.67. The number of aromatic nitrogens is 3. The predicted octanol–water partition coefficient (Wildman–Crippen LogP) is 3.97. The van der Waals surface area contributed by atoms with E-state index in [9.17, 15) is 5.11 Å². The van der Waals surface area contributed by atoms with Crippen LogP contribution in [0, 0.1) is 0 Å². The molecule has 0 amide bonds.